The van der Waals surface area contributed by atoms with Crippen LogP contribution in [0, 0.1) is 5.82 Å². The number of carbonyl (C=O) groups excluding carboxylic acids is 2. The summed E-state index contributed by atoms with van der Waals surface area (Å²) in [5.74, 6) is -1.18. The molecule has 0 bridgehead atoms. The Morgan fingerprint density at radius 2 is 1.98 bits per heavy atom. The van der Waals surface area contributed by atoms with Gasteiger partial charge in [-0.3, -0.25) is 24.3 Å². The van der Waals surface area contributed by atoms with Gasteiger partial charge in [0.2, 0.25) is 5.91 Å². The average Bonchev–Trinajstić information content (AvgIpc) is 3.26. The minimum Gasteiger partial charge on any atom is -0.381 e. The number of nitrogens with zero attached hydrogens (tertiary/aromatic N) is 7. The first-order chi connectivity index (χ1) is 19.3. The maximum Gasteiger partial charge on any atom is 0.259 e. The minimum atomic E-state index is -1.20. The first kappa shape index (κ1) is 28.6. The number of piperidine rings is 1. The van der Waals surface area contributed by atoms with Crippen LogP contribution in [0.1, 0.15) is 30.1 Å². The Kier molecular flexibility index (Phi) is 8.78. The predicted molar refractivity (Wildman–Crippen MR) is 144 cm³/mol. The molecule has 3 saturated heterocycles. The van der Waals surface area contributed by atoms with E-state index in [0.29, 0.717) is 52.5 Å². The van der Waals surface area contributed by atoms with E-state index >= 15 is 4.39 Å². The van der Waals surface area contributed by atoms with Crippen molar-refractivity contribution in [2.75, 3.05) is 78.4 Å². The number of likely N-dealkylation sites (N-methyl/N-ethyl adjacent to an activating group) is 1. The number of anilines is 1. The molecule has 0 radical (unpaired) electrons. The Morgan fingerprint density at radius 3 is 2.70 bits per heavy atom. The van der Waals surface area contributed by atoms with Crippen molar-refractivity contribution in [2.24, 2.45) is 0 Å². The van der Waals surface area contributed by atoms with Gasteiger partial charge in [-0.05, 0) is 20.0 Å². The Hall–Kier alpha value is -2.94. The van der Waals surface area contributed by atoms with Gasteiger partial charge in [0.05, 0.1) is 37.7 Å². The number of rotatable bonds is 7. The van der Waals surface area contributed by atoms with Crippen LogP contribution in [0.15, 0.2) is 12.4 Å². The third-order valence-electron chi connectivity index (χ3n) is 8.24. The van der Waals surface area contributed by atoms with Gasteiger partial charge in [-0.15, -0.1) is 5.10 Å². The van der Waals surface area contributed by atoms with Gasteiger partial charge in [0.15, 0.2) is 17.3 Å². The summed E-state index contributed by atoms with van der Waals surface area (Å²) in [4.78, 5) is 38.6. The number of nitrogens with two attached hydrogens (primary N) is 1. The number of hydrogen-bond donors (Lipinski definition) is 2. The van der Waals surface area contributed by atoms with Crippen LogP contribution in [0.4, 0.5) is 14.6 Å². The molecule has 5 heterocycles. The normalized spacial score (nSPS) is 27.2. The molecule has 3 fully saturated rings. The maximum atomic E-state index is 15.9. The molecule has 40 heavy (non-hydrogen) atoms. The fraction of sp³-hybridized carbons (Fsp3) is 0.692. The highest BCUT2D eigenvalue weighted by Crippen LogP contribution is 2.24. The Morgan fingerprint density at radius 1 is 1.20 bits per heavy atom. The van der Waals surface area contributed by atoms with E-state index in [4.69, 9.17) is 10.5 Å². The number of likely N-dealkylation sites (tertiary alicyclic amines) is 1. The zero-order valence-corrected chi connectivity index (χ0v) is 23.1. The summed E-state index contributed by atoms with van der Waals surface area (Å²) in [6, 6.07) is -1.42. The van der Waals surface area contributed by atoms with Gasteiger partial charge in [-0.1, -0.05) is 13.3 Å². The molecule has 0 aliphatic carbocycles. The van der Waals surface area contributed by atoms with Gasteiger partial charge in [-0.2, -0.15) is 0 Å². The van der Waals surface area contributed by atoms with Crippen molar-refractivity contribution in [1.29, 1.82) is 0 Å². The SMILES string of the molecule is CCCCN1CC(F)C(N2CCN(C(=O)C3COCCN3C)CC2)C(NC(=O)c2c(N)nn3cc(F)cnc23)C1. The first-order valence-electron chi connectivity index (χ1n) is 14.0. The molecule has 3 N–H and O–H groups in total. The topological polar surface area (TPSA) is 125 Å². The molecular weight excluding hydrogens is 524 g/mol. The van der Waals surface area contributed by atoms with Crippen LogP contribution in [-0.4, -0.2) is 143 Å². The number of unbranched alkanes of at least 4 members (excludes halogenated alkanes) is 1. The number of fused-ring (bicyclic) bond motifs is 1. The van der Waals surface area contributed by atoms with Gasteiger partial charge in [0, 0.05) is 45.8 Å². The van der Waals surface area contributed by atoms with Crippen molar-refractivity contribution in [3.05, 3.63) is 23.8 Å². The minimum absolute atomic E-state index is 0.0328. The van der Waals surface area contributed by atoms with Gasteiger partial charge in [0.1, 0.15) is 17.8 Å². The molecule has 4 unspecified atom stereocenters. The molecule has 2 aromatic heterocycles. The van der Waals surface area contributed by atoms with E-state index in [1.807, 2.05) is 26.6 Å². The van der Waals surface area contributed by atoms with Crippen LogP contribution in [0.5, 0.6) is 0 Å². The summed E-state index contributed by atoms with van der Waals surface area (Å²) in [5, 5.41) is 7.03. The van der Waals surface area contributed by atoms with E-state index in [9.17, 15) is 14.0 Å². The van der Waals surface area contributed by atoms with E-state index in [-0.39, 0.29) is 35.5 Å². The summed E-state index contributed by atoms with van der Waals surface area (Å²) in [6.07, 6.45) is 2.80. The smallest absolute Gasteiger partial charge is 0.259 e. The largest absolute Gasteiger partial charge is 0.381 e. The first-order valence-corrected chi connectivity index (χ1v) is 14.0. The zero-order valence-electron chi connectivity index (χ0n) is 23.1. The number of halogens is 2. The highest BCUT2D eigenvalue weighted by atomic mass is 19.1. The molecule has 14 heteroatoms. The second-order valence-electron chi connectivity index (χ2n) is 10.9. The van der Waals surface area contributed by atoms with Crippen molar-refractivity contribution >= 4 is 23.3 Å². The molecule has 2 amide bonds. The Labute approximate surface area is 232 Å². The molecule has 12 nitrogen and oxygen atoms in total. The summed E-state index contributed by atoms with van der Waals surface area (Å²) >= 11 is 0. The number of ether oxygens (including phenoxy) is 1. The lowest BCUT2D eigenvalue weighted by Gasteiger charge is -2.48. The molecule has 0 saturated carbocycles. The lowest BCUT2D eigenvalue weighted by atomic mass is 9.94. The van der Waals surface area contributed by atoms with Crippen molar-refractivity contribution in [1.82, 2.24) is 39.5 Å². The van der Waals surface area contributed by atoms with E-state index in [0.717, 1.165) is 36.3 Å². The van der Waals surface area contributed by atoms with Gasteiger partial charge in [0.25, 0.3) is 5.91 Å². The molecule has 5 rings (SSSR count). The van der Waals surface area contributed by atoms with Crippen LogP contribution in [-0.2, 0) is 9.53 Å². The molecule has 2 aromatic rings. The number of hydrogen-bond acceptors (Lipinski definition) is 9. The fourth-order valence-corrected chi connectivity index (χ4v) is 6.03. The van der Waals surface area contributed by atoms with Gasteiger partial charge >= 0.3 is 0 Å². The molecule has 220 valence electrons. The lowest BCUT2D eigenvalue weighted by Crippen LogP contribution is -2.68. The third kappa shape index (κ3) is 5.90. The number of piperazine rings is 1. The standard InChI is InChI=1S/C26H39F2N9O3/c1-3-4-5-34-14-18(28)22(35-6-8-36(9-7-35)26(39)20-16-40-11-10-33(20)2)19(15-34)31-25(38)21-23(29)32-37-13-17(27)12-30-24(21)37/h12-13,18-20,22H,3-11,14-16H2,1-2H3,(H2,29,32)(H,31,38). The number of amides is 2. The van der Waals surface area contributed by atoms with Crippen LogP contribution in [0.3, 0.4) is 0 Å². The Bertz CT molecular complexity index is 1210. The predicted octanol–water partition coefficient (Wildman–Crippen LogP) is -0.154. The average molecular weight is 564 g/mol. The number of morpholine rings is 1. The van der Waals surface area contributed by atoms with Crippen molar-refractivity contribution in [3.8, 4) is 0 Å². The molecular formula is C26H39F2N9O3. The lowest BCUT2D eigenvalue weighted by molar-refractivity contribution is -0.144. The van der Waals surface area contributed by atoms with E-state index in [1.54, 1.807) is 0 Å². The number of nitrogens with one attached hydrogen (secondary N) is 1. The van der Waals surface area contributed by atoms with Crippen molar-refractivity contribution < 1.29 is 23.1 Å². The van der Waals surface area contributed by atoms with Gasteiger partial charge in [-0.25, -0.2) is 18.3 Å². The van der Waals surface area contributed by atoms with E-state index in [2.05, 4.69) is 22.3 Å². The number of carbonyl (C=O) groups is 2. The van der Waals surface area contributed by atoms with E-state index in [1.165, 1.54) is 0 Å². The zero-order chi connectivity index (χ0) is 28.4. The molecule has 3 aliphatic heterocycles. The molecule has 0 spiro atoms. The molecule has 3 aliphatic rings. The second-order valence-corrected chi connectivity index (χ2v) is 10.9. The number of aromatic nitrogens is 3. The third-order valence-corrected chi connectivity index (χ3v) is 8.24. The quantitative estimate of drug-likeness (QED) is 0.473. The van der Waals surface area contributed by atoms with Crippen molar-refractivity contribution in [3.63, 3.8) is 0 Å². The summed E-state index contributed by atoms with van der Waals surface area (Å²) in [5.41, 5.74) is 6.19. The van der Waals surface area contributed by atoms with Crippen molar-refractivity contribution in [2.45, 2.75) is 44.1 Å². The maximum absolute atomic E-state index is 15.9. The fourth-order valence-electron chi connectivity index (χ4n) is 6.03. The second kappa shape index (κ2) is 12.3. The molecule has 4 atom stereocenters. The summed E-state index contributed by atoms with van der Waals surface area (Å²) in [7, 11) is 1.93. The highest BCUT2D eigenvalue weighted by molar-refractivity contribution is 6.04. The monoisotopic (exact) mass is 563 g/mol. The summed E-state index contributed by atoms with van der Waals surface area (Å²) in [6.45, 7) is 7.21. The van der Waals surface area contributed by atoms with Crippen LogP contribution < -0.4 is 11.1 Å². The van der Waals surface area contributed by atoms with E-state index < -0.39 is 30.0 Å². The van der Waals surface area contributed by atoms with Crippen LogP contribution in [0.25, 0.3) is 5.65 Å². The number of nitrogen functional groups attached to an aromatic ring is 1. The van der Waals surface area contributed by atoms with Crippen LogP contribution in [0.2, 0.25) is 0 Å². The Balaban J connectivity index is 1.31. The highest BCUT2D eigenvalue weighted by Gasteiger charge is 2.43. The number of alkyl halides is 1. The van der Waals surface area contributed by atoms with Crippen LogP contribution >= 0.6 is 0 Å². The van der Waals surface area contributed by atoms with Gasteiger partial charge < -0.3 is 20.7 Å². The molecule has 0 aromatic carbocycles. The summed E-state index contributed by atoms with van der Waals surface area (Å²) < 4.78 is 36.2.